The van der Waals surface area contributed by atoms with Gasteiger partial charge < -0.3 is 14.5 Å². The van der Waals surface area contributed by atoms with Crippen LogP contribution in [0.5, 0.6) is 0 Å². The number of hydrogen-bond acceptors (Lipinski definition) is 5. The highest BCUT2D eigenvalue weighted by Crippen LogP contribution is 2.27. The largest absolute Gasteiger partial charge is 0.453 e. The maximum absolute atomic E-state index is 12.7. The van der Waals surface area contributed by atoms with Crippen LogP contribution in [0.25, 0.3) is 11.0 Å². The molecule has 1 N–H and O–H groups in total. The summed E-state index contributed by atoms with van der Waals surface area (Å²) in [5, 5.41) is 11.4. The number of ether oxygens (including phenoxy) is 1. The molecule has 8 heteroatoms. The number of fused-ring (bicyclic) bond motifs is 1. The van der Waals surface area contributed by atoms with Crippen molar-refractivity contribution in [2.24, 2.45) is 5.10 Å². The number of hydrazone groups is 1. The standard InChI is InChI=1S/C23H21Cl2N3O3/c24-16-3-1-14(2-4-16)23-27-28(13-30-23)19-8-6-18(7-9-19)26-22(29)21-12-15-11-17(25)5-10-20(15)31-21/h1-5,10-12,18-19H,6-9,13H2,(H,26,29)/i13D. The van der Waals surface area contributed by atoms with Crippen molar-refractivity contribution in [3.8, 4) is 0 Å². The second-order valence-corrected chi connectivity index (χ2v) is 8.66. The zero-order valence-electron chi connectivity index (χ0n) is 17.6. The normalized spacial score (nSPS) is 23.9. The molecule has 1 atom stereocenters. The maximum Gasteiger partial charge on any atom is 0.287 e. The van der Waals surface area contributed by atoms with Crippen LogP contribution in [0.2, 0.25) is 10.0 Å². The topological polar surface area (TPSA) is 67.1 Å². The number of halogens is 2. The average molecular weight is 459 g/mol. The van der Waals surface area contributed by atoms with Gasteiger partial charge in [0.2, 0.25) is 5.90 Å². The van der Waals surface area contributed by atoms with E-state index in [1.807, 2.05) is 12.1 Å². The molecule has 2 heterocycles. The summed E-state index contributed by atoms with van der Waals surface area (Å²) < 4.78 is 19.6. The Labute approximate surface area is 191 Å². The first-order chi connectivity index (χ1) is 15.5. The summed E-state index contributed by atoms with van der Waals surface area (Å²) in [6.07, 6.45) is 3.18. The Balaban J connectivity index is 1.19. The third kappa shape index (κ3) is 4.36. The Bertz CT molecular complexity index is 1170. The van der Waals surface area contributed by atoms with Gasteiger partial charge in [0.1, 0.15) is 5.58 Å². The first-order valence-electron chi connectivity index (χ1n) is 10.8. The highest BCUT2D eigenvalue weighted by Gasteiger charge is 2.30. The van der Waals surface area contributed by atoms with Gasteiger partial charge in [0.05, 0.1) is 7.41 Å². The van der Waals surface area contributed by atoms with Crippen LogP contribution >= 0.6 is 23.2 Å². The van der Waals surface area contributed by atoms with Crippen molar-refractivity contribution in [2.45, 2.75) is 37.8 Å². The van der Waals surface area contributed by atoms with Gasteiger partial charge in [-0.2, -0.15) is 0 Å². The van der Waals surface area contributed by atoms with Crippen molar-refractivity contribution in [2.75, 3.05) is 6.71 Å². The van der Waals surface area contributed by atoms with E-state index in [2.05, 4.69) is 10.4 Å². The van der Waals surface area contributed by atoms with Gasteiger partial charge in [0.25, 0.3) is 5.91 Å². The number of nitrogens with one attached hydrogen (secondary N) is 1. The highest BCUT2D eigenvalue weighted by molar-refractivity contribution is 6.31. The van der Waals surface area contributed by atoms with Crippen LogP contribution in [0, 0.1) is 0 Å². The molecule has 1 fully saturated rings. The van der Waals surface area contributed by atoms with Gasteiger partial charge in [-0.15, -0.1) is 5.10 Å². The zero-order valence-corrected chi connectivity index (χ0v) is 18.1. The molecule has 0 saturated heterocycles. The van der Waals surface area contributed by atoms with Gasteiger partial charge in [0.15, 0.2) is 12.5 Å². The van der Waals surface area contributed by atoms with E-state index in [-0.39, 0.29) is 23.8 Å². The van der Waals surface area contributed by atoms with Gasteiger partial charge in [-0.25, -0.2) is 0 Å². The number of carbonyl (C=O) groups excluding carboxylic acids is 1. The lowest BCUT2D eigenvalue weighted by molar-refractivity contribution is 0.0810. The lowest BCUT2D eigenvalue weighted by Crippen LogP contribution is -2.42. The van der Waals surface area contributed by atoms with Crippen LogP contribution in [-0.2, 0) is 4.74 Å². The van der Waals surface area contributed by atoms with E-state index in [4.69, 9.17) is 33.7 Å². The number of amides is 1. The van der Waals surface area contributed by atoms with E-state index in [9.17, 15) is 4.79 Å². The summed E-state index contributed by atoms with van der Waals surface area (Å²) in [5.41, 5.74) is 1.43. The Kier molecular flexibility index (Phi) is 5.18. The van der Waals surface area contributed by atoms with Crippen molar-refractivity contribution in [1.82, 2.24) is 10.3 Å². The monoisotopic (exact) mass is 458 g/mol. The van der Waals surface area contributed by atoms with Crippen LogP contribution in [-0.4, -0.2) is 35.6 Å². The minimum absolute atomic E-state index is 0.0444. The Morgan fingerprint density at radius 2 is 1.81 bits per heavy atom. The van der Waals surface area contributed by atoms with E-state index in [0.717, 1.165) is 36.6 Å². The number of rotatable bonds is 4. The van der Waals surface area contributed by atoms with Crippen molar-refractivity contribution in [3.63, 3.8) is 0 Å². The fourth-order valence-corrected chi connectivity index (χ4v) is 4.32. The summed E-state index contributed by atoms with van der Waals surface area (Å²) in [6.45, 7) is -0.876. The van der Waals surface area contributed by atoms with E-state index < -0.39 is 6.71 Å². The maximum atomic E-state index is 12.7. The summed E-state index contributed by atoms with van der Waals surface area (Å²) in [6, 6.07) is 14.3. The number of hydrogen-bond donors (Lipinski definition) is 1. The molecule has 2 aliphatic rings. The molecule has 0 radical (unpaired) electrons. The lowest BCUT2D eigenvalue weighted by Gasteiger charge is -2.32. The first-order valence-corrected chi connectivity index (χ1v) is 10.9. The zero-order chi connectivity index (χ0) is 22.2. The van der Waals surface area contributed by atoms with E-state index in [0.29, 0.717) is 21.5 Å². The summed E-state index contributed by atoms with van der Waals surface area (Å²) in [4.78, 5) is 12.7. The third-order valence-electron chi connectivity index (χ3n) is 5.68. The van der Waals surface area contributed by atoms with Crippen LogP contribution in [0.15, 0.2) is 58.0 Å². The Morgan fingerprint density at radius 3 is 2.58 bits per heavy atom. The van der Waals surface area contributed by atoms with Crippen molar-refractivity contribution < 1.29 is 15.3 Å². The molecule has 5 rings (SSSR count). The minimum atomic E-state index is -0.876. The van der Waals surface area contributed by atoms with Crippen molar-refractivity contribution >= 4 is 46.0 Å². The van der Waals surface area contributed by atoms with E-state index in [1.54, 1.807) is 41.4 Å². The SMILES string of the molecule is [2H]C1OC(c2ccc(Cl)cc2)=NN1C1CCC(NC(=O)c2cc3cc(Cl)ccc3o2)CC1. The molecular formula is C23H21Cl2N3O3. The Morgan fingerprint density at radius 1 is 1.06 bits per heavy atom. The minimum Gasteiger partial charge on any atom is -0.453 e. The fraction of sp³-hybridized carbons (Fsp3) is 0.304. The summed E-state index contributed by atoms with van der Waals surface area (Å²) in [7, 11) is 0. The van der Waals surface area contributed by atoms with Crippen molar-refractivity contribution in [1.29, 1.82) is 0 Å². The van der Waals surface area contributed by atoms with Gasteiger partial charge in [-0.1, -0.05) is 23.2 Å². The first kappa shape index (κ1) is 19.0. The van der Waals surface area contributed by atoms with Crippen LogP contribution in [0.4, 0.5) is 0 Å². The van der Waals surface area contributed by atoms with Crippen molar-refractivity contribution in [3.05, 3.63) is 69.9 Å². The van der Waals surface area contributed by atoms with Gasteiger partial charge in [0, 0.05) is 27.0 Å². The predicted molar refractivity (Wildman–Crippen MR) is 121 cm³/mol. The Hall–Kier alpha value is -2.70. The van der Waals surface area contributed by atoms with Gasteiger partial charge in [-0.05, 0) is 74.2 Å². The van der Waals surface area contributed by atoms with Crippen LogP contribution in [0.1, 0.15) is 43.2 Å². The molecule has 1 amide bonds. The number of furan rings is 1. The molecule has 2 aromatic carbocycles. The molecular weight excluding hydrogens is 437 g/mol. The van der Waals surface area contributed by atoms with Crippen LogP contribution < -0.4 is 5.32 Å². The molecule has 1 aromatic heterocycles. The summed E-state index contributed by atoms with van der Waals surface area (Å²) in [5.74, 6) is 0.481. The predicted octanol–water partition coefficient (Wildman–Crippen LogP) is 5.43. The van der Waals surface area contributed by atoms with Gasteiger partial charge in [-0.3, -0.25) is 9.80 Å². The van der Waals surface area contributed by atoms with E-state index in [1.165, 1.54) is 0 Å². The molecule has 160 valence electrons. The second kappa shape index (κ2) is 8.44. The molecule has 1 unspecified atom stereocenters. The number of nitrogens with zero attached hydrogens (tertiary/aromatic N) is 2. The molecule has 1 aliphatic carbocycles. The molecule has 0 bridgehead atoms. The molecule has 0 spiro atoms. The lowest BCUT2D eigenvalue weighted by atomic mass is 9.91. The molecule has 1 aliphatic heterocycles. The average Bonchev–Trinajstić information content (AvgIpc) is 3.38. The van der Waals surface area contributed by atoms with E-state index >= 15 is 0 Å². The smallest absolute Gasteiger partial charge is 0.287 e. The highest BCUT2D eigenvalue weighted by atomic mass is 35.5. The number of benzene rings is 2. The summed E-state index contributed by atoms with van der Waals surface area (Å²) >= 11 is 12.0. The molecule has 6 nitrogen and oxygen atoms in total. The quantitative estimate of drug-likeness (QED) is 0.565. The van der Waals surface area contributed by atoms with Crippen LogP contribution in [0.3, 0.4) is 0 Å². The molecule has 31 heavy (non-hydrogen) atoms. The van der Waals surface area contributed by atoms with Gasteiger partial charge >= 0.3 is 0 Å². The molecule has 1 saturated carbocycles. The molecule has 3 aromatic rings. The number of carbonyl (C=O) groups is 1. The third-order valence-corrected chi connectivity index (χ3v) is 6.17. The fourth-order valence-electron chi connectivity index (χ4n) is 4.01. The second-order valence-electron chi connectivity index (χ2n) is 7.79.